The molecule has 98 valence electrons. The fraction of sp³-hybridized carbons (Fsp3) is 0.615. The first-order valence-electron chi connectivity index (χ1n) is 6.52. The van der Waals surface area contributed by atoms with Crippen molar-refractivity contribution in [1.82, 2.24) is 15.1 Å². The molecule has 0 bridgehead atoms. The van der Waals surface area contributed by atoms with Gasteiger partial charge in [0, 0.05) is 50.7 Å². The highest BCUT2D eigenvalue weighted by Crippen LogP contribution is 2.18. The second-order valence-corrected chi connectivity index (χ2v) is 5.85. The monoisotopic (exact) mass is 265 g/mol. The molecule has 0 spiro atoms. The van der Waals surface area contributed by atoms with Gasteiger partial charge in [0.2, 0.25) is 0 Å². The van der Waals surface area contributed by atoms with Gasteiger partial charge in [-0.2, -0.15) is 11.3 Å². The zero-order valence-electron chi connectivity index (χ0n) is 10.7. The Hall–Kier alpha value is -0.910. The molecule has 3 rings (SSSR count). The number of hydrogen-bond donors (Lipinski definition) is 1. The number of rotatable bonds is 2. The average Bonchev–Trinajstić information content (AvgIpc) is 2.73. The predicted octanol–water partition coefficient (Wildman–Crippen LogP) is 0.786. The van der Waals surface area contributed by atoms with Crippen LogP contribution in [-0.4, -0.2) is 61.0 Å². The van der Waals surface area contributed by atoms with Gasteiger partial charge in [-0.3, -0.25) is 9.69 Å². The summed E-state index contributed by atoms with van der Waals surface area (Å²) in [6, 6.07) is 0.699. The van der Waals surface area contributed by atoms with E-state index in [9.17, 15) is 4.79 Å². The summed E-state index contributed by atoms with van der Waals surface area (Å²) in [5, 5.41) is 7.32. The quantitative estimate of drug-likeness (QED) is 0.858. The molecule has 5 heteroatoms. The van der Waals surface area contributed by atoms with Crippen molar-refractivity contribution < 1.29 is 4.79 Å². The van der Waals surface area contributed by atoms with E-state index in [0.717, 1.165) is 50.4 Å². The van der Waals surface area contributed by atoms with Crippen LogP contribution in [0.15, 0.2) is 10.8 Å². The van der Waals surface area contributed by atoms with Gasteiger partial charge in [0.15, 0.2) is 0 Å². The van der Waals surface area contributed by atoms with Gasteiger partial charge in [0.1, 0.15) is 0 Å². The van der Waals surface area contributed by atoms with Crippen molar-refractivity contribution in [3.63, 3.8) is 0 Å². The van der Waals surface area contributed by atoms with E-state index < -0.39 is 0 Å². The Kier molecular flexibility index (Phi) is 3.37. The molecule has 0 aliphatic carbocycles. The molecule has 0 aromatic carbocycles. The van der Waals surface area contributed by atoms with Crippen molar-refractivity contribution in [2.24, 2.45) is 0 Å². The third-order valence-corrected chi connectivity index (χ3v) is 4.83. The summed E-state index contributed by atoms with van der Waals surface area (Å²) in [7, 11) is 0. The number of amides is 1. The van der Waals surface area contributed by atoms with Crippen LogP contribution >= 0.6 is 11.3 Å². The summed E-state index contributed by atoms with van der Waals surface area (Å²) >= 11 is 1.61. The topological polar surface area (TPSA) is 35.6 Å². The number of carbonyl (C=O) groups is 1. The van der Waals surface area contributed by atoms with Crippen LogP contribution in [0.4, 0.5) is 0 Å². The molecule has 0 saturated carbocycles. The summed E-state index contributed by atoms with van der Waals surface area (Å²) in [5.41, 5.74) is 1.99. The molecule has 1 aromatic rings. The lowest BCUT2D eigenvalue weighted by atomic mass is 10.1. The van der Waals surface area contributed by atoms with Crippen molar-refractivity contribution in [1.29, 1.82) is 0 Å². The zero-order valence-corrected chi connectivity index (χ0v) is 11.5. The number of thiophene rings is 1. The Bertz CT molecular complexity index is 433. The average molecular weight is 265 g/mol. The molecule has 0 unspecified atom stereocenters. The Labute approximate surface area is 112 Å². The summed E-state index contributed by atoms with van der Waals surface area (Å²) < 4.78 is 0. The van der Waals surface area contributed by atoms with E-state index in [1.807, 2.05) is 22.6 Å². The molecule has 0 atom stereocenters. The summed E-state index contributed by atoms with van der Waals surface area (Å²) in [4.78, 5) is 16.8. The Balaban J connectivity index is 1.59. The highest BCUT2D eigenvalue weighted by molar-refractivity contribution is 7.08. The predicted molar refractivity (Wildman–Crippen MR) is 73.2 cm³/mol. The van der Waals surface area contributed by atoms with Crippen LogP contribution in [-0.2, 0) is 0 Å². The number of nitrogens with one attached hydrogen (secondary N) is 1. The van der Waals surface area contributed by atoms with E-state index >= 15 is 0 Å². The minimum atomic E-state index is 0.208. The largest absolute Gasteiger partial charge is 0.336 e. The van der Waals surface area contributed by atoms with E-state index in [2.05, 4.69) is 10.2 Å². The number of aryl methyl sites for hydroxylation is 1. The third kappa shape index (κ3) is 2.18. The van der Waals surface area contributed by atoms with Gasteiger partial charge in [-0.25, -0.2) is 0 Å². The van der Waals surface area contributed by atoms with Gasteiger partial charge in [-0.05, 0) is 17.9 Å². The Morgan fingerprint density at radius 3 is 2.50 bits per heavy atom. The first-order valence-corrected chi connectivity index (χ1v) is 7.47. The van der Waals surface area contributed by atoms with Crippen molar-refractivity contribution in [3.8, 4) is 0 Å². The highest BCUT2D eigenvalue weighted by atomic mass is 32.1. The molecule has 2 saturated heterocycles. The van der Waals surface area contributed by atoms with E-state index in [1.54, 1.807) is 11.3 Å². The smallest absolute Gasteiger partial charge is 0.255 e. The maximum Gasteiger partial charge on any atom is 0.255 e. The SMILES string of the molecule is Cc1cscc1C(=O)N1CCN(C2CNC2)CC1. The summed E-state index contributed by atoms with van der Waals surface area (Å²) in [6.07, 6.45) is 0. The van der Waals surface area contributed by atoms with Crippen LogP contribution < -0.4 is 5.32 Å². The van der Waals surface area contributed by atoms with Gasteiger partial charge < -0.3 is 10.2 Å². The first-order chi connectivity index (χ1) is 8.75. The molecule has 1 aromatic heterocycles. The fourth-order valence-corrected chi connectivity index (χ4v) is 3.39. The lowest BCUT2D eigenvalue weighted by Gasteiger charge is -2.43. The molecule has 4 nitrogen and oxygen atoms in total. The molecule has 3 heterocycles. The molecule has 1 amide bonds. The van der Waals surface area contributed by atoms with E-state index in [0.29, 0.717) is 6.04 Å². The van der Waals surface area contributed by atoms with Crippen molar-refractivity contribution in [2.75, 3.05) is 39.3 Å². The highest BCUT2D eigenvalue weighted by Gasteiger charge is 2.29. The van der Waals surface area contributed by atoms with Gasteiger partial charge >= 0.3 is 0 Å². The van der Waals surface area contributed by atoms with Crippen LogP contribution in [0, 0.1) is 6.92 Å². The lowest BCUT2D eigenvalue weighted by molar-refractivity contribution is 0.0502. The molecule has 0 radical (unpaired) electrons. The van der Waals surface area contributed by atoms with Gasteiger partial charge in [-0.1, -0.05) is 0 Å². The standard InChI is InChI=1S/C13H19N3OS/c1-10-8-18-9-12(10)13(17)16-4-2-15(3-5-16)11-6-14-7-11/h8-9,11,14H,2-7H2,1H3. The molecular formula is C13H19N3OS. The molecule has 18 heavy (non-hydrogen) atoms. The fourth-order valence-electron chi connectivity index (χ4n) is 2.57. The molecule has 2 fully saturated rings. The summed E-state index contributed by atoms with van der Waals surface area (Å²) in [5.74, 6) is 0.208. The second kappa shape index (κ2) is 4.99. The van der Waals surface area contributed by atoms with Gasteiger partial charge in [0.25, 0.3) is 5.91 Å². The maximum absolute atomic E-state index is 12.3. The van der Waals surface area contributed by atoms with Crippen LogP contribution in [0.3, 0.4) is 0 Å². The summed E-state index contributed by atoms with van der Waals surface area (Å²) in [6.45, 7) is 7.99. The van der Waals surface area contributed by atoms with E-state index in [1.165, 1.54) is 0 Å². The van der Waals surface area contributed by atoms with Gasteiger partial charge in [0.05, 0.1) is 5.56 Å². The minimum absolute atomic E-state index is 0.208. The lowest BCUT2D eigenvalue weighted by Crippen LogP contribution is -2.62. The van der Waals surface area contributed by atoms with Crippen molar-refractivity contribution in [3.05, 3.63) is 21.9 Å². The third-order valence-electron chi connectivity index (χ3n) is 3.96. The van der Waals surface area contributed by atoms with E-state index in [4.69, 9.17) is 0 Å². The maximum atomic E-state index is 12.3. The number of carbonyl (C=O) groups excluding carboxylic acids is 1. The Morgan fingerprint density at radius 1 is 1.28 bits per heavy atom. The Morgan fingerprint density at radius 2 is 2.00 bits per heavy atom. The number of nitrogens with zero attached hydrogens (tertiary/aromatic N) is 2. The normalized spacial score (nSPS) is 21.9. The molecule has 2 aliphatic rings. The number of hydrogen-bond acceptors (Lipinski definition) is 4. The van der Waals surface area contributed by atoms with Gasteiger partial charge in [-0.15, -0.1) is 0 Å². The van der Waals surface area contributed by atoms with Crippen molar-refractivity contribution in [2.45, 2.75) is 13.0 Å². The minimum Gasteiger partial charge on any atom is -0.336 e. The van der Waals surface area contributed by atoms with Crippen LogP contribution in [0.25, 0.3) is 0 Å². The second-order valence-electron chi connectivity index (χ2n) is 5.11. The molecular weight excluding hydrogens is 246 g/mol. The van der Waals surface area contributed by atoms with Crippen LogP contribution in [0.5, 0.6) is 0 Å². The van der Waals surface area contributed by atoms with E-state index in [-0.39, 0.29) is 5.91 Å². The zero-order chi connectivity index (χ0) is 12.5. The van der Waals surface area contributed by atoms with Crippen LogP contribution in [0.1, 0.15) is 15.9 Å². The van der Waals surface area contributed by atoms with Crippen LogP contribution in [0.2, 0.25) is 0 Å². The molecule has 2 aliphatic heterocycles. The molecule has 1 N–H and O–H groups in total. The number of piperazine rings is 1. The first kappa shape index (κ1) is 12.1. The van der Waals surface area contributed by atoms with Crippen molar-refractivity contribution >= 4 is 17.2 Å².